The van der Waals surface area contributed by atoms with Crippen LogP contribution in [-0.2, 0) is 14.3 Å². The van der Waals surface area contributed by atoms with E-state index in [4.69, 9.17) is 25.8 Å². The van der Waals surface area contributed by atoms with Gasteiger partial charge in [0.1, 0.15) is 0 Å². The van der Waals surface area contributed by atoms with Gasteiger partial charge in [-0.25, -0.2) is 4.79 Å². The molecule has 1 aromatic rings. The first-order chi connectivity index (χ1) is 11.5. The van der Waals surface area contributed by atoms with Gasteiger partial charge in [0.2, 0.25) is 6.79 Å². The van der Waals surface area contributed by atoms with E-state index in [0.717, 1.165) is 25.9 Å². The lowest BCUT2D eigenvalue weighted by atomic mass is 10.2. The summed E-state index contributed by atoms with van der Waals surface area (Å²) < 4.78 is 15.7. The van der Waals surface area contributed by atoms with Gasteiger partial charge in [-0.05, 0) is 43.5 Å². The Labute approximate surface area is 144 Å². The zero-order valence-corrected chi connectivity index (χ0v) is 14.0. The number of carbonyl (C=O) groups is 2. The topological polar surface area (TPSA) is 65.1 Å². The molecule has 0 aromatic heterocycles. The molecule has 3 rings (SSSR count). The maximum atomic E-state index is 12.1. The molecule has 1 atom stereocenters. The molecular weight excluding hydrogens is 334 g/mol. The molecule has 1 aromatic carbocycles. The summed E-state index contributed by atoms with van der Waals surface area (Å²) in [5.74, 6) is 0.304. The number of likely N-dealkylation sites (tertiary alicyclic amines) is 1. The Hall–Kier alpha value is -2.21. The van der Waals surface area contributed by atoms with Crippen molar-refractivity contribution in [2.45, 2.75) is 25.9 Å². The third-order valence-electron chi connectivity index (χ3n) is 3.92. The number of halogens is 1. The summed E-state index contributed by atoms with van der Waals surface area (Å²) in [6, 6.07) is 3.38. The van der Waals surface area contributed by atoms with E-state index in [1.54, 1.807) is 30.0 Å². The minimum atomic E-state index is -0.791. The molecule has 0 radical (unpaired) electrons. The Bertz CT molecular complexity index is 682. The number of benzene rings is 1. The molecule has 0 saturated carbocycles. The summed E-state index contributed by atoms with van der Waals surface area (Å²) in [6.45, 7) is 3.17. The summed E-state index contributed by atoms with van der Waals surface area (Å²) in [6.07, 6.45) is 4.03. The lowest BCUT2D eigenvalue weighted by Gasteiger charge is -2.19. The quantitative estimate of drug-likeness (QED) is 0.616. The molecule has 0 spiro atoms. The SMILES string of the molecule is C[C@@H](OC(=O)/C=C/c1cc(Cl)c2c(c1)OCO2)C(=O)N1CCCC1. The summed E-state index contributed by atoms with van der Waals surface area (Å²) >= 11 is 6.08. The van der Waals surface area contributed by atoms with Crippen molar-refractivity contribution in [2.75, 3.05) is 19.9 Å². The molecule has 2 heterocycles. The lowest BCUT2D eigenvalue weighted by molar-refractivity contribution is -0.154. The molecule has 1 fully saturated rings. The molecule has 0 unspecified atom stereocenters. The van der Waals surface area contributed by atoms with Crippen LogP contribution >= 0.6 is 11.6 Å². The first-order valence-corrected chi connectivity index (χ1v) is 8.19. The monoisotopic (exact) mass is 351 g/mol. The molecule has 6 nitrogen and oxygen atoms in total. The van der Waals surface area contributed by atoms with Crippen molar-refractivity contribution in [3.63, 3.8) is 0 Å². The lowest BCUT2D eigenvalue weighted by Crippen LogP contribution is -2.37. The Kier molecular flexibility index (Phi) is 4.94. The van der Waals surface area contributed by atoms with Crippen LogP contribution in [0.5, 0.6) is 11.5 Å². The average Bonchev–Trinajstić information content (AvgIpc) is 3.23. The fraction of sp³-hybridized carbons (Fsp3) is 0.412. The van der Waals surface area contributed by atoms with Crippen molar-refractivity contribution in [1.82, 2.24) is 4.90 Å². The van der Waals surface area contributed by atoms with Crippen LogP contribution in [0.15, 0.2) is 18.2 Å². The van der Waals surface area contributed by atoms with Gasteiger partial charge in [-0.15, -0.1) is 0 Å². The van der Waals surface area contributed by atoms with Gasteiger partial charge in [-0.3, -0.25) is 4.79 Å². The van der Waals surface area contributed by atoms with Crippen LogP contribution in [0.3, 0.4) is 0 Å². The van der Waals surface area contributed by atoms with Crippen molar-refractivity contribution < 1.29 is 23.8 Å². The molecule has 1 saturated heterocycles. The third kappa shape index (κ3) is 3.64. The van der Waals surface area contributed by atoms with Gasteiger partial charge in [-0.2, -0.15) is 0 Å². The maximum absolute atomic E-state index is 12.1. The van der Waals surface area contributed by atoms with Crippen molar-refractivity contribution in [2.24, 2.45) is 0 Å². The molecule has 128 valence electrons. The number of rotatable bonds is 4. The normalized spacial score (nSPS) is 17.3. The number of amides is 1. The highest BCUT2D eigenvalue weighted by molar-refractivity contribution is 6.32. The Morgan fingerprint density at radius 1 is 1.29 bits per heavy atom. The number of esters is 1. The zero-order chi connectivity index (χ0) is 17.1. The summed E-state index contributed by atoms with van der Waals surface area (Å²) in [7, 11) is 0. The van der Waals surface area contributed by atoms with Gasteiger partial charge in [0, 0.05) is 19.2 Å². The van der Waals surface area contributed by atoms with E-state index in [0.29, 0.717) is 22.1 Å². The van der Waals surface area contributed by atoms with Crippen LogP contribution in [0.2, 0.25) is 5.02 Å². The first-order valence-electron chi connectivity index (χ1n) is 7.81. The molecular formula is C17H18ClNO5. The number of fused-ring (bicyclic) bond motifs is 1. The predicted octanol–water partition coefficient (Wildman–Crippen LogP) is 2.64. The number of ether oxygens (including phenoxy) is 3. The van der Waals surface area contributed by atoms with Gasteiger partial charge in [0.05, 0.1) is 5.02 Å². The van der Waals surface area contributed by atoms with Crippen molar-refractivity contribution in [3.05, 3.63) is 28.8 Å². The molecule has 2 aliphatic rings. The average molecular weight is 352 g/mol. The van der Waals surface area contributed by atoms with Crippen LogP contribution < -0.4 is 9.47 Å². The highest BCUT2D eigenvalue weighted by Crippen LogP contribution is 2.40. The second kappa shape index (κ2) is 7.13. The van der Waals surface area contributed by atoms with Gasteiger partial charge in [0.15, 0.2) is 17.6 Å². The van der Waals surface area contributed by atoms with E-state index in [-0.39, 0.29) is 12.7 Å². The highest BCUT2D eigenvalue weighted by atomic mass is 35.5. The van der Waals surface area contributed by atoms with Crippen LogP contribution in [0, 0.1) is 0 Å². The number of hydrogen-bond donors (Lipinski definition) is 0. The zero-order valence-electron chi connectivity index (χ0n) is 13.3. The number of hydrogen-bond acceptors (Lipinski definition) is 5. The second-order valence-corrected chi connectivity index (χ2v) is 6.09. The minimum Gasteiger partial charge on any atom is -0.454 e. The standard InChI is InChI=1S/C17H18ClNO5/c1-11(17(21)19-6-2-3-7-19)24-15(20)5-4-12-8-13(18)16-14(9-12)22-10-23-16/h4-5,8-9,11H,2-3,6-7,10H2,1H3/b5-4+/t11-/m1/s1. The van der Waals surface area contributed by atoms with E-state index < -0.39 is 12.1 Å². The van der Waals surface area contributed by atoms with E-state index in [9.17, 15) is 9.59 Å². The van der Waals surface area contributed by atoms with Crippen molar-refractivity contribution >= 4 is 29.6 Å². The first kappa shape index (κ1) is 16.6. The summed E-state index contributed by atoms with van der Waals surface area (Å²) in [5.41, 5.74) is 0.680. The molecule has 0 aliphatic carbocycles. The Balaban J connectivity index is 1.59. The van der Waals surface area contributed by atoms with Gasteiger partial charge in [-0.1, -0.05) is 11.6 Å². The van der Waals surface area contributed by atoms with Gasteiger partial charge in [0.25, 0.3) is 5.91 Å². The molecule has 24 heavy (non-hydrogen) atoms. The summed E-state index contributed by atoms with van der Waals surface area (Å²) in [5, 5.41) is 0.413. The molecule has 1 amide bonds. The largest absolute Gasteiger partial charge is 0.454 e. The van der Waals surface area contributed by atoms with Gasteiger partial charge < -0.3 is 19.1 Å². The van der Waals surface area contributed by atoms with E-state index in [1.165, 1.54) is 6.08 Å². The Morgan fingerprint density at radius 3 is 2.79 bits per heavy atom. The van der Waals surface area contributed by atoms with Crippen LogP contribution in [0.25, 0.3) is 6.08 Å². The fourth-order valence-electron chi connectivity index (χ4n) is 2.71. The van der Waals surface area contributed by atoms with E-state index >= 15 is 0 Å². The number of carbonyl (C=O) groups excluding carboxylic acids is 2. The highest BCUT2D eigenvalue weighted by Gasteiger charge is 2.25. The molecule has 0 N–H and O–H groups in total. The maximum Gasteiger partial charge on any atom is 0.331 e. The smallest absolute Gasteiger partial charge is 0.331 e. The fourth-order valence-corrected chi connectivity index (χ4v) is 2.98. The third-order valence-corrected chi connectivity index (χ3v) is 4.20. The van der Waals surface area contributed by atoms with Crippen LogP contribution in [0.4, 0.5) is 0 Å². The predicted molar refractivity (Wildman–Crippen MR) is 88.0 cm³/mol. The summed E-state index contributed by atoms with van der Waals surface area (Å²) in [4.78, 5) is 25.7. The second-order valence-electron chi connectivity index (χ2n) is 5.68. The molecule has 2 aliphatic heterocycles. The molecule has 7 heteroatoms. The number of nitrogens with zero attached hydrogens (tertiary/aromatic N) is 1. The molecule has 0 bridgehead atoms. The van der Waals surface area contributed by atoms with Crippen LogP contribution in [-0.4, -0.2) is 42.8 Å². The Morgan fingerprint density at radius 2 is 2.04 bits per heavy atom. The van der Waals surface area contributed by atoms with Crippen LogP contribution in [0.1, 0.15) is 25.3 Å². The van der Waals surface area contributed by atoms with Crippen molar-refractivity contribution in [1.29, 1.82) is 0 Å². The minimum absolute atomic E-state index is 0.125. The van der Waals surface area contributed by atoms with Crippen molar-refractivity contribution in [3.8, 4) is 11.5 Å². The van der Waals surface area contributed by atoms with E-state index in [1.807, 2.05) is 0 Å². The van der Waals surface area contributed by atoms with E-state index in [2.05, 4.69) is 0 Å². The van der Waals surface area contributed by atoms with Gasteiger partial charge >= 0.3 is 5.97 Å².